The van der Waals surface area contributed by atoms with Crippen LogP contribution in [0.1, 0.15) is 32.8 Å². The fraction of sp³-hybridized carbons (Fsp3) is 0.562. The first kappa shape index (κ1) is 15.7. The van der Waals surface area contributed by atoms with Crippen LogP contribution < -0.4 is 0 Å². The van der Waals surface area contributed by atoms with Gasteiger partial charge in [-0.3, -0.25) is 9.69 Å². The Balaban J connectivity index is 2.63. The van der Waals surface area contributed by atoms with E-state index in [-0.39, 0.29) is 5.91 Å². The highest BCUT2D eigenvalue weighted by Gasteiger charge is 2.15. The van der Waals surface area contributed by atoms with E-state index in [1.165, 1.54) is 5.56 Å². The van der Waals surface area contributed by atoms with E-state index < -0.39 is 0 Å². The van der Waals surface area contributed by atoms with Gasteiger partial charge in [-0.25, -0.2) is 0 Å². The van der Waals surface area contributed by atoms with Crippen LogP contribution in [0.3, 0.4) is 0 Å². The second-order valence-corrected chi connectivity index (χ2v) is 4.76. The third kappa shape index (κ3) is 5.43. The van der Waals surface area contributed by atoms with Gasteiger partial charge in [0.05, 0.1) is 6.54 Å². The Hall–Kier alpha value is -1.35. The summed E-state index contributed by atoms with van der Waals surface area (Å²) >= 11 is 0. The fourth-order valence-corrected chi connectivity index (χ4v) is 2.10. The van der Waals surface area contributed by atoms with Gasteiger partial charge in [0.1, 0.15) is 0 Å². The SMILES string of the molecule is CCCN(Cc1ccccc1)C(=O)CN(CC)CC. The first-order valence-electron chi connectivity index (χ1n) is 7.25. The summed E-state index contributed by atoms with van der Waals surface area (Å²) in [5, 5.41) is 0. The van der Waals surface area contributed by atoms with Crippen molar-refractivity contribution in [3.8, 4) is 0 Å². The van der Waals surface area contributed by atoms with Crippen molar-refractivity contribution in [1.82, 2.24) is 9.80 Å². The highest BCUT2D eigenvalue weighted by molar-refractivity contribution is 5.78. The highest BCUT2D eigenvalue weighted by Crippen LogP contribution is 2.06. The molecule has 0 saturated heterocycles. The van der Waals surface area contributed by atoms with Crippen LogP contribution in [-0.4, -0.2) is 41.9 Å². The van der Waals surface area contributed by atoms with Gasteiger partial charge in [-0.05, 0) is 25.1 Å². The molecule has 106 valence electrons. The molecule has 1 amide bonds. The number of hydrogen-bond donors (Lipinski definition) is 0. The Labute approximate surface area is 117 Å². The minimum Gasteiger partial charge on any atom is -0.337 e. The van der Waals surface area contributed by atoms with Crippen molar-refractivity contribution in [2.24, 2.45) is 0 Å². The van der Waals surface area contributed by atoms with Gasteiger partial charge in [0.15, 0.2) is 0 Å². The lowest BCUT2D eigenvalue weighted by Gasteiger charge is -2.26. The van der Waals surface area contributed by atoms with Gasteiger partial charge in [-0.15, -0.1) is 0 Å². The molecule has 1 aromatic rings. The second-order valence-electron chi connectivity index (χ2n) is 4.76. The maximum absolute atomic E-state index is 12.3. The zero-order chi connectivity index (χ0) is 14.1. The smallest absolute Gasteiger partial charge is 0.237 e. The molecule has 1 rings (SSSR count). The standard InChI is InChI=1S/C16H26N2O/c1-4-12-18(13-15-10-8-7-9-11-15)16(19)14-17(5-2)6-3/h7-11H,4-6,12-14H2,1-3H3. The summed E-state index contributed by atoms with van der Waals surface area (Å²) in [6.07, 6.45) is 0.997. The van der Waals surface area contributed by atoms with Crippen molar-refractivity contribution >= 4 is 5.91 Å². The molecule has 0 N–H and O–H groups in total. The second kappa shape index (κ2) is 8.70. The quantitative estimate of drug-likeness (QED) is 0.719. The molecule has 0 aliphatic heterocycles. The molecular formula is C16H26N2O. The number of carbonyl (C=O) groups excluding carboxylic acids is 1. The molecule has 0 fully saturated rings. The molecule has 0 aliphatic carbocycles. The molecule has 0 unspecified atom stereocenters. The summed E-state index contributed by atoms with van der Waals surface area (Å²) in [6.45, 7) is 10.2. The zero-order valence-electron chi connectivity index (χ0n) is 12.4. The van der Waals surface area contributed by atoms with E-state index in [1.807, 2.05) is 23.1 Å². The average Bonchev–Trinajstić information content (AvgIpc) is 2.45. The van der Waals surface area contributed by atoms with Crippen LogP contribution >= 0.6 is 0 Å². The summed E-state index contributed by atoms with van der Waals surface area (Å²) in [5.74, 6) is 0.231. The fourth-order valence-electron chi connectivity index (χ4n) is 2.10. The summed E-state index contributed by atoms with van der Waals surface area (Å²) in [5.41, 5.74) is 1.20. The van der Waals surface area contributed by atoms with Crippen molar-refractivity contribution in [3.63, 3.8) is 0 Å². The lowest BCUT2D eigenvalue weighted by atomic mass is 10.2. The molecular weight excluding hydrogens is 236 g/mol. The van der Waals surface area contributed by atoms with E-state index in [0.717, 1.165) is 32.6 Å². The Bertz CT molecular complexity index is 360. The Kier molecular flexibility index (Phi) is 7.19. The van der Waals surface area contributed by atoms with Crippen LogP contribution in [0.15, 0.2) is 30.3 Å². The van der Waals surface area contributed by atoms with Crippen molar-refractivity contribution in [2.45, 2.75) is 33.7 Å². The van der Waals surface area contributed by atoms with Gasteiger partial charge in [0.2, 0.25) is 5.91 Å². The molecule has 0 aromatic heterocycles. The molecule has 0 spiro atoms. The number of benzene rings is 1. The molecule has 0 bridgehead atoms. The first-order chi connectivity index (χ1) is 9.21. The van der Waals surface area contributed by atoms with Crippen LogP contribution in [0.4, 0.5) is 0 Å². The molecule has 0 atom stereocenters. The van der Waals surface area contributed by atoms with Crippen LogP contribution in [0.2, 0.25) is 0 Å². The van der Waals surface area contributed by atoms with Gasteiger partial charge >= 0.3 is 0 Å². The van der Waals surface area contributed by atoms with E-state index in [1.54, 1.807) is 0 Å². The third-order valence-electron chi connectivity index (χ3n) is 3.32. The van der Waals surface area contributed by atoms with E-state index in [0.29, 0.717) is 6.54 Å². The van der Waals surface area contributed by atoms with Crippen molar-refractivity contribution in [2.75, 3.05) is 26.2 Å². The van der Waals surface area contributed by atoms with E-state index in [9.17, 15) is 4.79 Å². The molecule has 3 nitrogen and oxygen atoms in total. The molecule has 19 heavy (non-hydrogen) atoms. The largest absolute Gasteiger partial charge is 0.337 e. The summed E-state index contributed by atoms with van der Waals surface area (Å²) in [4.78, 5) is 16.5. The minimum atomic E-state index is 0.231. The molecule has 0 heterocycles. The van der Waals surface area contributed by atoms with Crippen molar-refractivity contribution < 1.29 is 4.79 Å². The van der Waals surface area contributed by atoms with E-state index >= 15 is 0 Å². The van der Waals surface area contributed by atoms with E-state index in [2.05, 4.69) is 37.8 Å². The van der Waals surface area contributed by atoms with Gasteiger partial charge in [0, 0.05) is 13.1 Å². The van der Waals surface area contributed by atoms with Gasteiger partial charge < -0.3 is 4.90 Å². The van der Waals surface area contributed by atoms with Crippen LogP contribution in [0.25, 0.3) is 0 Å². The number of carbonyl (C=O) groups is 1. The number of hydrogen-bond acceptors (Lipinski definition) is 2. The zero-order valence-corrected chi connectivity index (χ0v) is 12.4. The number of amides is 1. The lowest BCUT2D eigenvalue weighted by molar-refractivity contribution is -0.133. The average molecular weight is 262 g/mol. The maximum Gasteiger partial charge on any atom is 0.237 e. The summed E-state index contributed by atoms with van der Waals surface area (Å²) < 4.78 is 0. The van der Waals surface area contributed by atoms with Crippen LogP contribution in [-0.2, 0) is 11.3 Å². The molecule has 3 heteroatoms. The van der Waals surface area contributed by atoms with E-state index in [4.69, 9.17) is 0 Å². The highest BCUT2D eigenvalue weighted by atomic mass is 16.2. The number of rotatable bonds is 8. The normalized spacial score (nSPS) is 10.7. The Morgan fingerprint density at radius 1 is 1.05 bits per heavy atom. The summed E-state index contributed by atoms with van der Waals surface area (Å²) in [7, 11) is 0. The maximum atomic E-state index is 12.3. The number of nitrogens with zero attached hydrogens (tertiary/aromatic N) is 2. The van der Waals surface area contributed by atoms with Crippen LogP contribution in [0, 0.1) is 0 Å². The van der Waals surface area contributed by atoms with Crippen molar-refractivity contribution in [3.05, 3.63) is 35.9 Å². The van der Waals surface area contributed by atoms with Gasteiger partial charge in [-0.1, -0.05) is 51.1 Å². The monoisotopic (exact) mass is 262 g/mol. The molecule has 0 radical (unpaired) electrons. The topological polar surface area (TPSA) is 23.6 Å². The van der Waals surface area contributed by atoms with Crippen LogP contribution in [0.5, 0.6) is 0 Å². The third-order valence-corrected chi connectivity index (χ3v) is 3.32. The minimum absolute atomic E-state index is 0.231. The molecule has 0 saturated carbocycles. The van der Waals surface area contributed by atoms with Crippen molar-refractivity contribution in [1.29, 1.82) is 0 Å². The predicted molar refractivity (Wildman–Crippen MR) is 79.9 cm³/mol. The lowest BCUT2D eigenvalue weighted by Crippen LogP contribution is -2.40. The van der Waals surface area contributed by atoms with Gasteiger partial charge in [-0.2, -0.15) is 0 Å². The summed E-state index contributed by atoms with van der Waals surface area (Å²) in [6, 6.07) is 10.2. The Morgan fingerprint density at radius 3 is 2.21 bits per heavy atom. The Morgan fingerprint density at radius 2 is 1.68 bits per heavy atom. The first-order valence-corrected chi connectivity index (χ1v) is 7.25. The number of likely N-dealkylation sites (N-methyl/N-ethyl adjacent to an activating group) is 1. The predicted octanol–water partition coefficient (Wildman–Crippen LogP) is 2.77. The molecule has 1 aromatic carbocycles. The molecule has 0 aliphatic rings. The van der Waals surface area contributed by atoms with Gasteiger partial charge in [0.25, 0.3) is 0 Å².